The maximum Gasteiger partial charge on any atom is 0.302 e. The van der Waals surface area contributed by atoms with Crippen LogP contribution in [0.3, 0.4) is 0 Å². The fourth-order valence-corrected chi connectivity index (χ4v) is 6.30. The number of esters is 1. The lowest BCUT2D eigenvalue weighted by Crippen LogP contribution is -2.31. The maximum absolute atomic E-state index is 13.5. The predicted octanol–water partition coefficient (Wildman–Crippen LogP) is 3.86. The van der Waals surface area contributed by atoms with E-state index in [1.54, 1.807) is 15.1 Å². The zero-order chi connectivity index (χ0) is 25.0. The van der Waals surface area contributed by atoms with Crippen LogP contribution in [0.15, 0.2) is 46.2 Å². The van der Waals surface area contributed by atoms with Crippen molar-refractivity contribution in [1.82, 2.24) is 23.2 Å². The monoisotopic (exact) mass is 557 g/mol. The number of aromatic nitrogens is 4. The van der Waals surface area contributed by atoms with Crippen molar-refractivity contribution in [3.63, 3.8) is 0 Å². The largest absolute Gasteiger partial charge is 0.461 e. The first-order valence-electron chi connectivity index (χ1n) is 11.1. The van der Waals surface area contributed by atoms with Crippen molar-refractivity contribution in [3.05, 3.63) is 58.2 Å². The first kappa shape index (κ1) is 23.7. The van der Waals surface area contributed by atoms with Crippen LogP contribution in [0.1, 0.15) is 43.3 Å². The SMILES string of the molecule is CC(=O)OC1CC(c2nc(Br)c3cnc4c(c(C)cn4S(=O)c4ccc(C)cc4)n23)N(C(C)=O)C1. The average molecular weight is 558 g/mol. The van der Waals surface area contributed by atoms with Crippen LogP contribution in [0.5, 0.6) is 0 Å². The number of aryl methyl sites for hydroxylation is 2. The van der Waals surface area contributed by atoms with E-state index in [0.29, 0.717) is 33.9 Å². The number of hydrogen-bond acceptors (Lipinski definition) is 6. The zero-order valence-electron chi connectivity index (χ0n) is 19.7. The van der Waals surface area contributed by atoms with Crippen LogP contribution >= 0.6 is 15.9 Å². The Balaban J connectivity index is 1.68. The van der Waals surface area contributed by atoms with Crippen LogP contribution in [0.4, 0.5) is 0 Å². The van der Waals surface area contributed by atoms with Gasteiger partial charge in [0, 0.05) is 26.5 Å². The topological polar surface area (TPSA) is 98.8 Å². The van der Waals surface area contributed by atoms with Gasteiger partial charge in [-0.1, -0.05) is 17.7 Å². The Labute approximate surface area is 212 Å². The summed E-state index contributed by atoms with van der Waals surface area (Å²) in [6, 6.07) is 7.16. The van der Waals surface area contributed by atoms with Gasteiger partial charge in [-0.15, -0.1) is 0 Å². The smallest absolute Gasteiger partial charge is 0.302 e. The predicted molar refractivity (Wildman–Crippen MR) is 134 cm³/mol. The van der Waals surface area contributed by atoms with Crippen molar-refractivity contribution in [3.8, 4) is 0 Å². The normalized spacial score (nSPS) is 18.9. The minimum Gasteiger partial charge on any atom is -0.461 e. The number of fused-ring (bicyclic) bond motifs is 3. The van der Waals surface area contributed by atoms with Crippen molar-refractivity contribution in [1.29, 1.82) is 0 Å². The van der Waals surface area contributed by atoms with E-state index in [-0.39, 0.29) is 11.9 Å². The van der Waals surface area contributed by atoms with Crippen molar-refractivity contribution in [2.45, 2.75) is 51.2 Å². The molecule has 3 aromatic heterocycles. The van der Waals surface area contributed by atoms with E-state index in [9.17, 15) is 13.8 Å². The molecule has 0 aliphatic carbocycles. The van der Waals surface area contributed by atoms with Gasteiger partial charge in [0.2, 0.25) is 5.91 Å². The number of likely N-dealkylation sites (tertiary alicyclic amines) is 1. The van der Waals surface area contributed by atoms with Gasteiger partial charge in [-0.2, -0.15) is 0 Å². The molecule has 0 radical (unpaired) electrons. The molecule has 1 aromatic carbocycles. The molecule has 3 atom stereocenters. The summed E-state index contributed by atoms with van der Waals surface area (Å²) in [5.41, 5.74) is 3.99. The second-order valence-electron chi connectivity index (χ2n) is 8.77. The van der Waals surface area contributed by atoms with Crippen molar-refractivity contribution >= 4 is 55.5 Å². The molecule has 1 aliphatic heterocycles. The molecule has 3 unspecified atom stereocenters. The van der Waals surface area contributed by atoms with Crippen LogP contribution in [-0.2, 0) is 25.3 Å². The molecule has 1 fully saturated rings. The molecule has 0 spiro atoms. The fraction of sp³-hybridized carbons (Fsp3) is 0.333. The van der Waals surface area contributed by atoms with E-state index < -0.39 is 23.1 Å². The maximum atomic E-state index is 13.5. The van der Waals surface area contributed by atoms with Crippen LogP contribution < -0.4 is 0 Å². The lowest BCUT2D eigenvalue weighted by Gasteiger charge is -2.22. The molecule has 0 N–H and O–H groups in total. The third kappa shape index (κ3) is 4.06. The number of carbonyl (C=O) groups excluding carboxylic acids is 2. The Morgan fingerprint density at radius 2 is 1.89 bits per heavy atom. The number of amides is 1. The zero-order valence-corrected chi connectivity index (χ0v) is 22.1. The highest BCUT2D eigenvalue weighted by atomic mass is 79.9. The number of nitrogens with zero attached hydrogens (tertiary/aromatic N) is 5. The molecule has 4 heterocycles. The number of hydrogen-bond donors (Lipinski definition) is 0. The number of halogens is 1. The van der Waals surface area contributed by atoms with E-state index in [1.165, 1.54) is 13.8 Å². The second-order valence-corrected chi connectivity index (χ2v) is 10.9. The highest BCUT2D eigenvalue weighted by Gasteiger charge is 2.39. The Bertz CT molecular complexity index is 1510. The molecule has 1 saturated heterocycles. The van der Waals surface area contributed by atoms with Crippen molar-refractivity contribution < 1.29 is 18.5 Å². The van der Waals surface area contributed by atoms with Crippen LogP contribution in [-0.4, -0.2) is 52.0 Å². The number of ether oxygens (including phenoxy) is 1. The van der Waals surface area contributed by atoms with Crippen LogP contribution in [0.25, 0.3) is 16.7 Å². The molecule has 1 amide bonds. The van der Waals surface area contributed by atoms with Gasteiger partial charge in [0.15, 0.2) is 16.6 Å². The van der Waals surface area contributed by atoms with E-state index in [0.717, 1.165) is 22.2 Å². The lowest BCUT2D eigenvalue weighted by atomic mass is 10.2. The Hall–Kier alpha value is -3.05. The van der Waals surface area contributed by atoms with E-state index in [4.69, 9.17) is 9.72 Å². The summed E-state index contributed by atoms with van der Waals surface area (Å²) < 4.78 is 23.1. The Morgan fingerprint density at radius 3 is 2.54 bits per heavy atom. The number of imidazole rings is 1. The molecular weight excluding hydrogens is 534 g/mol. The summed E-state index contributed by atoms with van der Waals surface area (Å²) in [6.07, 6.45) is 3.53. The molecule has 9 nitrogen and oxygen atoms in total. The Morgan fingerprint density at radius 1 is 1.17 bits per heavy atom. The van der Waals surface area contributed by atoms with E-state index in [1.807, 2.05) is 48.7 Å². The molecule has 1 aliphatic rings. The quantitative estimate of drug-likeness (QED) is 0.353. The molecule has 35 heavy (non-hydrogen) atoms. The number of carbonyl (C=O) groups is 2. The average Bonchev–Trinajstić information content (AvgIpc) is 3.47. The molecule has 11 heteroatoms. The van der Waals surface area contributed by atoms with Gasteiger partial charge in [0.1, 0.15) is 16.5 Å². The number of rotatable bonds is 4. The molecule has 0 saturated carbocycles. The first-order valence-corrected chi connectivity index (χ1v) is 13.0. The summed E-state index contributed by atoms with van der Waals surface area (Å²) >= 11 is 3.54. The summed E-state index contributed by atoms with van der Waals surface area (Å²) in [7, 11) is -1.49. The highest BCUT2D eigenvalue weighted by molar-refractivity contribution is 9.10. The summed E-state index contributed by atoms with van der Waals surface area (Å²) in [4.78, 5) is 35.8. The minimum atomic E-state index is -1.49. The minimum absolute atomic E-state index is 0.127. The van der Waals surface area contributed by atoms with Crippen molar-refractivity contribution in [2.24, 2.45) is 0 Å². The van der Waals surface area contributed by atoms with Gasteiger partial charge in [-0.3, -0.25) is 14.0 Å². The highest BCUT2D eigenvalue weighted by Crippen LogP contribution is 2.37. The molecular formula is C24H24BrN5O4S. The van der Waals surface area contributed by atoms with Crippen LogP contribution in [0, 0.1) is 13.8 Å². The third-order valence-electron chi connectivity index (χ3n) is 6.23. The van der Waals surface area contributed by atoms with Crippen molar-refractivity contribution in [2.75, 3.05) is 6.54 Å². The van der Waals surface area contributed by atoms with E-state index >= 15 is 0 Å². The Kier molecular flexibility index (Phi) is 6.00. The van der Waals surface area contributed by atoms with Crippen LogP contribution in [0.2, 0.25) is 0 Å². The molecule has 0 bridgehead atoms. The molecule has 4 aromatic rings. The van der Waals surface area contributed by atoms with Gasteiger partial charge >= 0.3 is 5.97 Å². The fourth-order valence-electron chi connectivity index (χ4n) is 4.69. The summed E-state index contributed by atoms with van der Waals surface area (Å²) in [6.45, 7) is 7.08. The standard InChI is InChI=1S/C24H24BrN5O4S/c1-13-5-7-18(8-6-13)35(33)29-11-14(2)21-24(29)26-10-20-22(25)27-23(30(20)21)19-9-17(34-16(4)32)12-28(19)15(3)31/h5-8,10-11,17,19H,9,12H2,1-4H3. The van der Waals surface area contributed by atoms with Gasteiger partial charge in [0.05, 0.1) is 34.7 Å². The summed E-state index contributed by atoms with van der Waals surface area (Å²) in [5.74, 6) is 0.120. The summed E-state index contributed by atoms with van der Waals surface area (Å²) in [5, 5.41) is 0. The molecule has 5 rings (SSSR count). The van der Waals surface area contributed by atoms with Gasteiger partial charge in [-0.05, 0) is 47.5 Å². The lowest BCUT2D eigenvalue weighted by molar-refractivity contribution is -0.146. The van der Waals surface area contributed by atoms with E-state index in [2.05, 4.69) is 20.9 Å². The van der Waals surface area contributed by atoms with Gasteiger partial charge in [0.25, 0.3) is 0 Å². The molecule has 182 valence electrons. The first-order chi connectivity index (χ1) is 16.7. The van der Waals surface area contributed by atoms with Gasteiger partial charge in [-0.25, -0.2) is 18.1 Å². The third-order valence-corrected chi connectivity index (χ3v) is 8.13. The second kappa shape index (κ2) is 8.87. The number of benzene rings is 1. The van der Waals surface area contributed by atoms with Gasteiger partial charge < -0.3 is 9.64 Å².